The van der Waals surface area contributed by atoms with E-state index in [1.54, 1.807) is 17.0 Å². The third kappa shape index (κ3) is 4.13. The standard InChI is InChI=1S/C14H20N2O3/c1-2-18-12-5-3-6-13(11-12)19-14(17)16-9-4-7-15-8-10-16/h3,5-6,11,15H,2,4,7-10H2,1H3. The SMILES string of the molecule is CCOc1cccc(OC(=O)N2CCCNCC2)c1. The number of carbonyl (C=O) groups excluding carboxylic acids is 1. The number of nitrogens with one attached hydrogen (secondary N) is 1. The number of ether oxygens (including phenoxy) is 2. The van der Waals surface area contributed by atoms with E-state index in [1.165, 1.54) is 0 Å². The first kappa shape index (κ1) is 13.7. The summed E-state index contributed by atoms with van der Waals surface area (Å²) in [7, 11) is 0. The summed E-state index contributed by atoms with van der Waals surface area (Å²) in [6.07, 6.45) is 0.658. The Kier molecular flexibility index (Phi) is 5.03. The van der Waals surface area contributed by atoms with Crippen LogP contribution in [-0.2, 0) is 0 Å². The Balaban J connectivity index is 1.95. The first-order valence-corrected chi connectivity index (χ1v) is 6.70. The largest absolute Gasteiger partial charge is 0.494 e. The number of hydrogen-bond donors (Lipinski definition) is 1. The molecule has 2 rings (SSSR count). The van der Waals surface area contributed by atoms with Crippen molar-refractivity contribution in [2.24, 2.45) is 0 Å². The van der Waals surface area contributed by atoms with Crippen LogP contribution in [0.1, 0.15) is 13.3 Å². The molecular weight excluding hydrogens is 244 g/mol. The van der Waals surface area contributed by atoms with E-state index in [9.17, 15) is 4.79 Å². The van der Waals surface area contributed by atoms with Gasteiger partial charge >= 0.3 is 6.09 Å². The van der Waals surface area contributed by atoms with Gasteiger partial charge in [-0.25, -0.2) is 4.79 Å². The Morgan fingerprint density at radius 1 is 1.32 bits per heavy atom. The molecule has 1 N–H and O–H groups in total. The maximum absolute atomic E-state index is 12.0. The topological polar surface area (TPSA) is 50.8 Å². The smallest absolute Gasteiger partial charge is 0.415 e. The normalized spacial score (nSPS) is 15.7. The van der Waals surface area contributed by atoms with Gasteiger partial charge in [-0.05, 0) is 32.0 Å². The molecular formula is C14H20N2O3. The lowest BCUT2D eigenvalue weighted by atomic mass is 10.3. The van der Waals surface area contributed by atoms with Gasteiger partial charge in [0.1, 0.15) is 11.5 Å². The summed E-state index contributed by atoms with van der Waals surface area (Å²) in [5.41, 5.74) is 0. The van der Waals surface area contributed by atoms with Crippen LogP contribution >= 0.6 is 0 Å². The fraction of sp³-hybridized carbons (Fsp3) is 0.500. The van der Waals surface area contributed by atoms with Gasteiger partial charge in [-0.1, -0.05) is 6.07 Å². The van der Waals surface area contributed by atoms with Gasteiger partial charge in [0.15, 0.2) is 0 Å². The van der Waals surface area contributed by atoms with E-state index < -0.39 is 0 Å². The molecule has 1 aromatic rings. The fourth-order valence-electron chi connectivity index (χ4n) is 1.99. The van der Waals surface area contributed by atoms with Crippen molar-refractivity contribution in [1.82, 2.24) is 10.2 Å². The van der Waals surface area contributed by atoms with Crippen LogP contribution in [0.2, 0.25) is 0 Å². The molecule has 1 amide bonds. The summed E-state index contributed by atoms with van der Waals surface area (Å²) in [5, 5.41) is 3.25. The van der Waals surface area contributed by atoms with Crippen molar-refractivity contribution in [1.29, 1.82) is 0 Å². The van der Waals surface area contributed by atoms with Crippen LogP contribution in [0.3, 0.4) is 0 Å². The molecule has 5 heteroatoms. The van der Waals surface area contributed by atoms with Crippen molar-refractivity contribution < 1.29 is 14.3 Å². The molecule has 1 aliphatic heterocycles. The fourth-order valence-corrected chi connectivity index (χ4v) is 1.99. The molecule has 5 nitrogen and oxygen atoms in total. The summed E-state index contributed by atoms with van der Waals surface area (Å²) in [5.74, 6) is 1.23. The summed E-state index contributed by atoms with van der Waals surface area (Å²) < 4.78 is 10.8. The van der Waals surface area contributed by atoms with Crippen molar-refractivity contribution in [3.63, 3.8) is 0 Å². The van der Waals surface area contributed by atoms with Crippen LogP contribution in [-0.4, -0.2) is 43.8 Å². The average molecular weight is 264 g/mol. The van der Waals surface area contributed by atoms with Crippen LogP contribution in [0.15, 0.2) is 24.3 Å². The zero-order chi connectivity index (χ0) is 13.5. The molecule has 19 heavy (non-hydrogen) atoms. The quantitative estimate of drug-likeness (QED) is 0.905. The molecule has 0 radical (unpaired) electrons. The maximum atomic E-state index is 12.0. The summed E-state index contributed by atoms with van der Waals surface area (Å²) >= 11 is 0. The molecule has 0 unspecified atom stereocenters. The Morgan fingerprint density at radius 2 is 2.16 bits per heavy atom. The highest BCUT2D eigenvalue weighted by molar-refractivity contribution is 5.70. The molecule has 104 valence electrons. The maximum Gasteiger partial charge on any atom is 0.415 e. The van der Waals surface area contributed by atoms with Gasteiger partial charge in [0.25, 0.3) is 0 Å². The third-order valence-corrected chi connectivity index (χ3v) is 2.92. The minimum absolute atomic E-state index is 0.294. The Labute approximate surface area is 113 Å². The minimum atomic E-state index is -0.294. The minimum Gasteiger partial charge on any atom is -0.494 e. The summed E-state index contributed by atoms with van der Waals surface area (Å²) in [4.78, 5) is 13.8. The highest BCUT2D eigenvalue weighted by atomic mass is 16.6. The van der Waals surface area contributed by atoms with Gasteiger partial charge in [0, 0.05) is 25.7 Å². The molecule has 0 aliphatic carbocycles. The second-order valence-corrected chi connectivity index (χ2v) is 4.37. The number of benzene rings is 1. The number of carbonyl (C=O) groups is 1. The molecule has 1 saturated heterocycles. The first-order chi connectivity index (χ1) is 9.29. The predicted molar refractivity (Wildman–Crippen MR) is 72.7 cm³/mol. The lowest BCUT2D eigenvalue weighted by Crippen LogP contribution is -2.36. The van der Waals surface area contributed by atoms with E-state index in [0.717, 1.165) is 26.1 Å². The van der Waals surface area contributed by atoms with E-state index in [-0.39, 0.29) is 6.09 Å². The molecule has 0 bridgehead atoms. The van der Waals surface area contributed by atoms with Crippen LogP contribution in [0.4, 0.5) is 4.79 Å². The van der Waals surface area contributed by atoms with Crippen LogP contribution in [0.5, 0.6) is 11.5 Å². The molecule has 1 aromatic carbocycles. The Morgan fingerprint density at radius 3 is 3.00 bits per heavy atom. The van der Waals surface area contributed by atoms with Gasteiger partial charge in [-0.15, -0.1) is 0 Å². The van der Waals surface area contributed by atoms with Gasteiger partial charge in [0.2, 0.25) is 0 Å². The van der Waals surface area contributed by atoms with Crippen molar-refractivity contribution in [3.8, 4) is 11.5 Å². The number of amides is 1. The molecule has 1 aliphatic rings. The molecule has 0 saturated carbocycles. The van der Waals surface area contributed by atoms with Gasteiger partial charge in [0.05, 0.1) is 6.61 Å². The molecule has 1 heterocycles. The first-order valence-electron chi connectivity index (χ1n) is 6.70. The Bertz CT molecular complexity index is 415. The predicted octanol–water partition coefficient (Wildman–Crippen LogP) is 1.88. The van der Waals surface area contributed by atoms with Crippen LogP contribution in [0, 0.1) is 0 Å². The lowest BCUT2D eigenvalue weighted by Gasteiger charge is -2.19. The van der Waals surface area contributed by atoms with Crippen molar-refractivity contribution in [3.05, 3.63) is 24.3 Å². The zero-order valence-corrected chi connectivity index (χ0v) is 11.2. The van der Waals surface area contributed by atoms with E-state index in [2.05, 4.69) is 5.32 Å². The third-order valence-electron chi connectivity index (χ3n) is 2.92. The van der Waals surface area contributed by atoms with Gasteiger partial charge in [-0.2, -0.15) is 0 Å². The van der Waals surface area contributed by atoms with E-state index >= 15 is 0 Å². The second-order valence-electron chi connectivity index (χ2n) is 4.37. The summed E-state index contributed by atoms with van der Waals surface area (Å²) in [6, 6.07) is 7.16. The van der Waals surface area contributed by atoms with Crippen molar-refractivity contribution >= 4 is 6.09 Å². The monoisotopic (exact) mass is 264 g/mol. The van der Waals surface area contributed by atoms with Crippen LogP contribution in [0.25, 0.3) is 0 Å². The van der Waals surface area contributed by atoms with Crippen molar-refractivity contribution in [2.75, 3.05) is 32.8 Å². The van der Waals surface area contributed by atoms with E-state index in [4.69, 9.17) is 9.47 Å². The zero-order valence-electron chi connectivity index (χ0n) is 11.2. The number of hydrogen-bond acceptors (Lipinski definition) is 4. The van der Waals surface area contributed by atoms with E-state index in [1.807, 2.05) is 19.1 Å². The van der Waals surface area contributed by atoms with Gasteiger partial charge in [-0.3, -0.25) is 0 Å². The van der Waals surface area contributed by atoms with Gasteiger partial charge < -0.3 is 19.7 Å². The van der Waals surface area contributed by atoms with E-state index in [0.29, 0.717) is 24.7 Å². The van der Waals surface area contributed by atoms with Crippen molar-refractivity contribution in [2.45, 2.75) is 13.3 Å². The van der Waals surface area contributed by atoms with Crippen LogP contribution < -0.4 is 14.8 Å². The average Bonchev–Trinajstić information content (AvgIpc) is 2.68. The molecule has 0 aromatic heterocycles. The highest BCUT2D eigenvalue weighted by Gasteiger charge is 2.17. The molecule has 0 spiro atoms. The molecule has 1 fully saturated rings. The summed E-state index contributed by atoms with van der Waals surface area (Å²) in [6.45, 7) is 5.69. The molecule has 0 atom stereocenters. The number of rotatable bonds is 3. The highest BCUT2D eigenvalue weighted by Crippen LogP contribution is 2.20. The number of nitrogens with zero attached hydrogens (tertiary/aromatic N) is 1. The lowest BCUT2D eigenvalue weighted by molar-refractivity contribution is 0.155. The second kappa shape index (κ2) is 6.99. The Hall–Kier alpha value is -1.75.